The lowest BCUT2D eigenvalue weighted by molar-refractivity contribution is -0.384. The summed E-state index contributed by atoms with van der Waals surface area (Å²) in [6, 6.07) is 8.24. The molecule has 0 spiro atoms. The van der Waals surface area contributed by atoms with Crippen molar-refractivity contribution in [2.75, 3.05) is 26.2 Å². The molecule has 0 radical (unpaired) electrons. The molecule has 2 heterocycles. The Kier molecular flexibility index (Phi) is 5.42. The Bertz CT molecular complexity index is 899. The standard InChI is InChI=1S/C17H21N3O4S2/c1-13-11-17(14(2)25-13)26(23,24)19-9-7-18(8-10-19)12-15-3-5-16(6-4-15)20(21)22/h3-6,11H,7-10,12H2,1-2H3. The second-order valence-corrected chi connectivity index (χ2v) is 9.75. The van der Waals surface area contributed by atoms with Gasteiger partial charge in [0.1, 0.15) is 0 Å². The maximum atomic E-state index is 12.8. The van der Waals surface area contributed by atoms with Crippen molar-refractivity contribution in [3.8, 4) is 0 Å². The molecular weight excluding hydrogens is 374 g/mol. The van der Waals surface area contributed by atoms with E-state index in [0.29, 0.717) is 37.6 Å². The molecule has 7 nitrogen and oxygen atoms in total. The highest BCUT2D eigenvalue weighted by molar-refractivity contribution is 7.89. The second kappa shape index (κ2) is 7.43. The fraction of sp³-hybridized carbons (Fsp3) is 0.412. The zero-order chi connectivity index (χ0) is 18.9. The average molecular weight is 396 g/mol. The van der Waals surface area contributed by atoms with E-state index in [-0.39, 0.29) is 5.69 Å². The van der Waals surface area contributed by atoms with Crippen LogP contribution in [0.25, 0.3) is 0 Å². The molecule has 0 saturated carbocycles. The molecule has 1 saturated heterocycles. The number of rotatable bonds is 5. The molecule has 0 bridgehead atoms. The third-order valence-electron chi connectivity index (χ3n) is 4.50. The summed E-state index contributed by atoms with van der Waals surface area (Å²) in [4.78, 5) is 14.7. The van der Waals surface area contributed by atoms with Gasteiger partial charge in [-0.2, -0.15) is 4.31 Å². The van der Waals surface area contributed by atoms with Crippen LogP contribution in [0.1, 0.15) is 15.3 Å². The van der Waals surface area contributed by atoms with Crippen molar-refractivity contribution < 1.29 is 13.3 Å². The number of piperazine rings is 1. The third kappa shape index (κ3) is 3.96. The normalized spacial score (nSPS) is 16.7. The summed E-state index contributed by atoms with van der Waals surface area (Å²) < 4.78 is 27.2. The van der Waals surface area contributed by atoms with Crippen LogP contribution in [0, 0.1) is 24.0 Å². The molecule has 3 rings (SSSR count). The van der Waals surface area contributed by atoms with Gasteiger partial charge >= 0.3 is 0 Å². The maximum absolute atomic E-state index is 12.8. The zero-order valence-electron chi connectivity index (χ0n) is 14.7. The molecule has 0 N–H and O–H groups in total. The van der Waals surface area contributed by atoms with E-state index in [1.807, 2.05) is 13.8 Å². The first kappa shape index (κ1) is 19.0. The Morgan fingerprint density at radius 3 is 2.23 bits per heavy atom. The molecule has 1 aliphatic heterocycles. The molecule has 0 aliphatic carbocycles. The summed E-state index contributed by atoms with van der Waals surface area (Å²) >= 11 is 1.50. The number of nitro groups is 1. The van der Waals surface area contributed by atoms with Gasteiger partial charge in [0.15, 0.2) is 0 Å². The van der Waals surface area contributed by atoms with E-state index in [1.165, 1.54) is 23.5 Å². The Hall–Kier alpha value is -1.81. The summed E-state index contributed by atoms with van der Waals surface area (Å²) in [7, 11) is -3.44. The molecule has 140 valence electrons. The lowest BCUT2D eigenvalue weighted by Gasteiger charge is -2.34. The highest BCUT2D eigenvalue weighted by Crippen LogP contribution is 2.28. The molecule has 9 heteroatoms. The molecule has 2 aromatic rings. The zero-order valence-corrected chi connectivity index (χ0v) is 16.3. The van der Waals surface area contributed by atoms with Crippen molar-refractivity contribution in [2.45, 2.75) is 25.3 Å². The van der Waals surface area contributed by atoms with Crippen LogP contribution in [0.3, 0.4) is 0 Å². The number of benzene rings is 1. The Morgan fingerprint density at radius 2 is 1.73 bits per heavy atom. The highest BCUT2D eigenvalue weighted by Gasteiger charge is 2.30. The van der Waals surface area contributed by atoms with E-state index in [0.717, 1.165) is 15.3 Å². The number of hydrogen-bond donors (Lipinski definition) is 0. The van der Waals surface area contributed by atoms with Crippen molar-refractivity contribution in [1.82, 2.24) is 9.21 Å². The predicted molar refractivity (Wildman–Crippen MR) is 101 cm³/mol. The van der Waals surface area contributed by atoms with Gasteiger partial charge in [0.2, 0.25) is 10.0 Å². The summed E-state index contributed by atoms with van der Waals surface area (Å²) in [5, 5.41) is 10.7. The van der Waals surface area contributed by atoms with Crippen LogP contribution < -0.4 is 0 Å². The van der Waals surface area contributed by atoms with E-state index in [9.17, 15) is 18.5 Å². The molecule has 1 fully saturated rings. The first-order valence-electron chi connectivity index (χ1n) is 8.30. The lowest BCUT2D eigenvalue weighted by atomic mass is 10.2. The van der Waals surface area contributed by atoms with Gasteiger partial charge in [-0.1, -0.05) is 12.1 Å². The molecule has 0 unspecified atom stereocenters. The van der Waals surface area contributed by atoms with E-state index in [1.54, 1.807) is 22.5 Å². The molecule has 26 heavy (non-hydrogen) atoms. The van der Waals surface area contributed by atoms with Crippen molar-refractivity contribution in [2.24, 2.45) is 0 Å². The number of aryl methyl sites for hydroxylation is 2. The fourth-order valence-corrected chi connectivity index (χ4v) is 6.06. The minimum atomic E-state index is -3.44. The van der Waals surface area contributed by atoms with E-state index >= 15 is 0 Å². The second-order valence-electron chi connectivity index (χ2n) is 6.38. The summed E-state index contributed by atoms with van der Waals surface area (Å²) in [6.07, 6.45) is 0. The van der Waals surface area contributed by atoms with Crippen molar-refractivity contribution in [1.29, 1.82) is 0 Å². The monoisotopic (exact) mass is 395 g/mol. The van der Waals surface area contributed by atoms with Gasteiger partial charge in [-0.3, -0.25) is 15.0 Å². The quantitative estimate of drug-likeness (QED) is 0.574. The third-order valence-corrected chi connectivity index (χ3v) is 7.62. The van der Waals surface area contributed by atoms with Crippen LogP contribution in [-0.2, 0) is 16.6 Å². The Balaban J connectivity index is 1.62. The van der Waals surface area contributed by atoms with Gasteiger partial charge in [0, 0.05) is 54.6 Å². The SMILES string of the molecule is Cc1cc(S(=O)(=O)N2CCN(Cc3ccc([N+](=O)[O-])cc3)CC2)c(C)s1. The van der Waals surface area contributed by atoms with Crippen molar-refractivity contribution in [3.63, 3.8) is 0 Å². The highest BCUT2D eigenvalue weighted by atomic mass is 32.2. The molecule has 1 aromatic carbocycles. The Morgan fingerprint density at radius 1 is 1.12 bits per heavy atom. The minimum Gasteiger partial charge on any atom is -0.296 e. The molecule has 1 aromatic heterocycles. The minimum absolute atomic E-state index is 0.0751. The van der Waals surface area contributed by atoms with Gasteiger partial charge in [-0.25, -0.2) is 8.42 Å². The fourth-order valence-electron chi connectivity index (χ4n) is 3.11. The van der Waals surface area contributed by atoms with Crippen molar-refractivity contribution >= 4 is 27.0 Å². The van der Waals surface area contributed by atoms with Crippen LogP contribution >= 0.6 is 11.3 Å². The number of sulfonamides is 1. The van der Waals surface area contributed by atoms with Crippen LogP contribution in [0.4, 0.5) is 5.69 Å². The van der Waals surface area contributed by atoms with Crippen LogP contribution in [0.2, 0.25) is 0 Å². The lowest BCUT2D eigenvalue weighted by Crippen LogP contribution is -2.48. The average Bonchev–Trinajstić information content (AvgIpc) is 2.95. The molecule has 0 atom stereocenters. The van der Waals surface area contributed by atoms with E-state index in [4.69, 9.17) is 0 Å². The molecule has 1 aliphatic rings. The predicted octanol–water partition coefficient (Wildman–Crippen LogP) is 2.78. The van der Waals surface area contributed by atoms with E-state index < -0.39 is 14.9 Å². The number of non-ortho nitro benzene ring substituents is 1. The largest absolute Gasteiger partial charge is 0.296 e. The van der Waals surface area contributed by atoms with Gasteiger partial charge in [0.25, 0.3) is 5.69 Å². The number of hydrogen-bond acceptors (Lipinski definition) is 6. The van der Waals surface area contributed by atoms with Crippen LogP contribution in [-0.4, -0.2) is 48.7 Å². The summed E-state index contributed by atoms with van der Waals surface area (Å²) in [6.45, 7) is 6.58. The first-order chi connectivity index (χ1) is 12.3. The van der Waals surface area contributed by atoms with Crippen LogP contribution in [0.15, 0.2) is 35.2 Å². The van der Waals surface area contributed by atoms with Crippen molar-refractivity contribution in [3.05, 3.63) is 55.8 Å². The Labute approximate surface area is 157 Å². The number of nitrogens with zero attached hydrogens (tertiary/aromatic N) is 3. The summed E-state index contributed by atoms with van der Waals surface area (Å²) in [5.74, 6) is 0. The number of thiophene rings is 1. The van der Waals surface area contributed by atoms with Crippen LogP contribution in [0.5, 0.6) is 0 Å². The van der Waals surface area contributed by atoms with Gasteiger partial charge in [0.05, 0.1) is 9.82 Å². The van der Waals surface area contributed by atoms with Gasteiger partial charge in [-0.05, 0) is 25.5 Å². The smallest absolute Gasteiger partial charge is 0.269 e. The summed E-state index contributed by atoms with van der Waals surface area (Å²) in [5.41, 5.74) is 1.06. The number of nitro benzene ring substituents is 1. The molecular formula is C17H21N3O4S2. The molecule has 0 amide bonds. The van der Waals surface area contributed by atoms with E-state index in [2.05, 4.69) is 4.90 Å². The van der Waals surface area contributed by atoms with Gasteiger partial charge < -0.3 is 0 Å². The first-order valence-corrected chi connectivity index (χ1v) is 10.6. The topological polar surface area (TPSA) is 83.8 Å². The maximum Gasteiger partial charge on any atom is 0.269 e. The van der Waals surface area contributed by atoms with Gasteiger partial charge in [-0.15, -0.1) is 11.3 Å².